The Morgan fingerprint density at radius 3 is 2.79 bits per heavy atom. The first-order valence-corrected chi connectivity index (χ1v) is 8.14. The summed E-state index contributed by atoms with van der Waals surface area (Å²) in [6.07, 6.45) is 3.97. The Morgan fingerprint density at radius 2 is 2.29 bits per heavy atom. The maximum absolute atomic E-state index is 11.2. The Balaban J connectivity index is 2.29. The fourth-order valence-electron chi connectivity index (χ4n) is 1.80. The van der Waals surface area contributed by atoms with Crippen LogP contribution in [0.15, 0.2) is 0 Å². The molecule has 84 valence electrons. The summed E-state index contributed by atoms with van der Waals surface area (Å²) in [5, 5.41) is 9.73. The van der Waals surface area contributed by atoms with Gasteiger partial charge in [-0.3, -0.25) is 0 Å². The normalized spacial score (nSPS) is 27.7. The summed E-state index contributed by atoms with van der Waals surface area (Å²) >= 11 is 1.76. The molecule has 14 heavy (non-hydrogen) atoms. The monoisotopic (exact) mass is 238 g/mol. The van der Waals surface area contributed by atoms with Crippen LogP contribution in [-0.4, -0.2) is 43.1 Å². The maximum atomic E-state index is 11.2. The van der Waals surface area contributed by atoms with Gasteiger partial charge in [-0.1, -0.05) is 0 Å². The molecular formula is C9H18O3S2. The van der Waals surface area contributed by atoms with Crippen LogP contribution < -0.4 is 0 Å². The van der Waals surface area contributed by atoms with Gasteiger partial charge in [0.15, 0.2) is 9.84 Å². The summed E-state index contributed by atoms with van der Waals surface area (Å²) in [6.45, 7) is 0. The van der Waals surface area contributed by atoms with Crippen molar-refractivity contribution < 1.29 is 13.5 Å². The molecule has 0 aromatic rings. The molecule has 1 aliphatic rings. The number of aliphatic hydroxyl groups is 1. The van der Waals surface area contributed by atoms with Crippen molar-refractivity contribution in [1.82, 2.24) is 0 Å². The third kappa shape index (κ3) is 3.79. The van der Waals surface area contributed by atoms with Gasteiger partial charge in [0.1, 0.15) is 0 Å². The first-order valence-electron chi connectivity index (χ1n) is 4.92. The van der Waals surface area contributed by atoms with E-state index in [1.54, 1.807) is 11.8 Å². The average molecular weight is 238 g/mol. The van der Waals surface area contributed by atoms with Gasteiger partial charge in [-0.15, -0.1) is 0 Å². The van der Waals surface area contributed by atoms with Crippen molar-refractivity contribution in [1.29, 1.82) is 0 Å². The van der Waals surface area contributed by atoms with Crippen LogP contribution in [0.2, 0.25) is 0 Å². The minimum atomic E-state index is -2.84. The van der Waals surface area contributed by atoms with Crippen molar-refractivity contribution in [2.24, 2.45) is 5.92 Å². The van der Waals surface area contributed by atoms with Crippen LogP contribution in [0.1, 0.15) is 19.3 Å². The molecule has 0 spiro atoms. The van der Waals surface area contributed by atoms with E-state index in [1.807, 2.05) is 6.26 Å². The van der Waals surface area contributed by atoms with Crippen LogP contribution in [0.25, 0.3) is 0 Å². The summed E-state index contributed by atoms with van der Waals surface area (Å²) in [4.78, 5) is 0. The maximum Gasteiger partial charge on any atom is 0.150 e. The van der Waals surface area contributed by atoms with Crippen LogP contribution in [0.5, 0.6) is 0 Å². The molecule has 0 aliphatic carbocycles. The fourth-order valence-corrected chi connectivity index (χ4v) is 4.12. The topological polar surface area (TPSA) is 54.4 Å². The summed E-state index contributed by atoms with van der Waals surface area (Å²) < 4.78 is 22.3. The van der Waals surface area contributed by atoms with Crippen LogP contribution >= 0.6 is 11.8 Å². The molecule has 0 bridgehead atoms. The molecule has 1 N–H and O–H groups in total. The zero-order valence-corrected chi connectivity index (χ0v) is 10.1. The van der Waals surface area contributed by atoms with E-state index in [1.165, 1.54) is 0 Å². The zero-order chi connectivity index (χ0) is 10.6. The van der Waals surface area contributed by atoms with Gasteiger partial charge >= 0.3 is 0 Å². The molecule has 0 amide bonds. The first kappa shape index (κ1) is 12.3. The lowest BCUT2D eigenvalue weighted by atomic mass is 9.98. The number of aliphatic hydroxyl groups excluding tert-OH is 1. The van der Waals surface area contributed by atoms with E-state index in [0.29, 0.717) is 6.42 Å². The Morgan fingerprint density at radius 1 is 1.57 bits per heavy atom. The highest BCUT2D eigenvalue weighted by molar-refractivity contribution is 7.98. The highest BCUT2D eigenvalue weighted by atomic mass is 32.2. The number of thioether (sulfide) groups is 1. The Hall–Kier alpha value is 0.260. The SMILES string of the molecule is CSCCCC(O)C1CCS(=O)(=O)C1. The van der Waals surface area contributed by atoms with E-state index >= 15 is 0 Å². The molecule has 1 heterocycles. The van der Waals surface area contributed by atoms with Crippen molar-refractivity contribution in [3.63, 3.8) is 0 Å². The van der Waals surface area contributed by atoms with E-state index in [9.17, 15) is 13.5 Å². The van der Waals surface area contributed by atoms with Crippen LogP contribution in [-0.2, 0) is 9.84 Å². The van der Waals surface area contributed by atoms with Gasteiger partial charge in [0.2, 0.25) is 0 Å². The van der Waals surface area contributed by atoms with Crippen molar-refractivity contribution in [3.05, 3.63) is 0 Å². The Bertz CT molecular complexity index is 261. The zero-order valence-electron chi connectivity index (χ0n) is 8.48. The van der Waals surface area contributed by atoms with Crippen molar-refractivity contribution in [3.8, 4) is 0 Å². The minimum absolute atomic E-state index is 0.0122. The van der Waals surface area contributed by atoms with E-state index in [2.05, 4.69) is 0 Å². The first-order chi connectivity index (χ1) is 6.55. The van der Waals surface area contributed by atoms with E-state index in [0.717, 1.165) is 18.6 Å². The Labute approximate surface area is 90.2 Å². The predicted molar refractivity (Wildman–Crippen MR) is 60.4 cm³/mol. The van der Waals surface area contributed by atoms with Gasteiger partial charge in [0, 0.05) is 0 Å². The van der Waals surface area contributed by atoms with E-state index in [4.69, 9.17) is 0 Å². The predicted octanol–water partition coefficient (Wildman–Crippen LogP) is 0.925. The van der Waals surface area contributed by atoms with Crippen LogP contribution in [0.3, 0.4) is 0 Å². The third-order valence-electron chi connectivity index (χ3n) is 2.66. The van der Waals surface area contributed by atoms with E-state index < -0.39 is 15.9 Å². The van der Waals surface area contributed by atoms with Crippen LogP contribution in [0.4, 0.5) is 0 Å². The summed E-state index contributed by atoms with van der Waals surface area (Å²) in [5.74, 6) is 1.48. The van der Waals surface area contributed by atoms with Gasteiger partial charge in [-0.05, 0) is 37.2 Å². The average Bonchev–Trinajstić information content (AvgIpc) is 2.46. The van der Waals surface area contributed by atoms with Gasteiger partial charge in [0.05, 0.1) is 17.6 Å². The lowest BCUT2D eigenvalue weighted by molar-refractivity contribution is 0.110. The number of sulfone groups is 1. The molecule has 0 saturated carbocycles. The molecule has 5 heteroatoms. The molecule has 1 aliphatic heterocycles. The van der Waals surface area contributed by atoms with Crippen molar-refractivity contribution in [2.45, 2.75) is 25.4 Å². The molecule has 1 rings (SSSR count). The summed E-state index contributed by atoms with van der Waals surface area (Å²) in [7, 11) is -2.84. The largest absolute Gasteiger partial charge is 0.393 e. The molecular weight excluding hydrogens is 220 g/mol. The molecule has 3 nitrogen and oxygen atoms in total. The Kier molecular flexibility index (Phi) is 4.73. The number of rotatable bonds is 5. The highest BCUT2D eigenvalue weighted by Crippen LogP contribution is 2.24. The van der Waals surface area contributed by atoms with Crippen molar-refractivity contribution in [2.75, 3.05) is 23.5 Å². The second-order valence-corrected chi connectivity index (χ2v) is 7.08. The fraction of sp³-hybridized carbons (Fsp3) is 1.00. The molecule has 1 fully saturated rings. The molecule has 0 aromatic heterocycles. The van der Waals surface area contributed by atoms with E-state index in [-0.39, 0.29) is 17.4 Å². The third-order valence-corrected chi connectivity index (χ3v) is 5.15. The molecule has 2 unspecified atom stereocenters. The van der Waals surface area contributed by atoms with Gasteiger partial charge in [0.25, 0.3) is 0 Å². The lowest BCUT2D eigenvalue weighted by Gasteiger charge is -2.15. The number of hydrogen-bond donors (Lipinski definition) is 1. The lowest BCUT2D eigenvalue weighted by Crippen LogP contribution is -2.21. The molecule has 0 aromatic carbocycles. The smallest absolute Gasteiger partial charge is 0.150 e. The van der Waals surface area contributed by atoms with Gasteiger partial charge in [-0.2, -0.15) is 11.8 Å². The molecule has 0 radical (unpaired) electrons. The number of hydrogen-bond acceptors (Lipinski definition) is 4. The van der Waals surface area contributed by atoms with Gasteiger partial charge in [-0.25, -0.2) is 8.42 Å². The highest BCUT2D eigenvalue weighted by Gasteiger charge is 2.32. The van der Waals surface area contributed by atoms with Crippen LogP contribution in [0, 0.1) is 5.92 Å². The summed E-state index contributed by atoms with van der Waals surface area (Å²) in [5.41, 5.74) is 0. The molecule has 2 atom stereocenters. The second kappa shape index (κ2) is 5.37. The second-order valence-electron chi connectivity index (χ2n) is 3.87. The minimum Gasteiger partial charge on any atom is -0.393 e. The summed E-state index contributed by atoms with van der Waals surface area (Å²) in [6, 6.07) is 0. The van der Waals surface area contributed by atoms with Gasteiger partial charge < -0.3 is 5.11 Å². The standard InChI is InChI=1S/C9H18O3S2/c1-13-5-2-3-9(10)8-4-6-14(11,12)7-8/h8-10H,2-7H2,1H3. The molecule has 1 saturated heterocycles. The quantitative estimate of drug-likeness (QED) is 0.724. The van der Waals surface area contributed by atoms with Crippen molar-refractivity contribution >= 4 is 21.6 Å².